The molecule has 0 radical (unpaired) electrons. The smallest absolute Gasteiger partial charge is 0.328 e. The molecule has 1 atom stereocenters. The molecule has 0 saturated heterocycles. The first-order valence-corrected chi connectivity index (χ1v) is 8.54. The second kappa shape index (κ2) is 7.65. The molecule has 1 heterocycles. The van der Waals surface area contributed by atoms with Crippen LogP contribution < -0.4 is 17.0 Å². The topological polar surface area (TPSA) is 101 Å². The van der Waals surface area contributed by atoms with Gasteiger partial charge in [-0.2, -0.15) is 0 Å². The van der Waals surface area contributed by atoms with Crippen molar-refractivity contribution in [3.8, 4) is 0 Å². The largest absolute Gasteiger partial charge is 0.342 e. The minimum absolute atomic E-state index is 0.0377. The molecule has 1 aromatic heterocycles. The van der Waals surface area contributed by atoms with E-state index in [0.717, 1.165) is 4.57 Å². The first-order chi connectivity index (χ1) is 11.8. The number of amides is 1. The zero-order chi connectivity index (χ0) is 18.7. The van der Waals surface area contributed by atoms with Gasteiger partial charge in [0.2, 0.25) is 0 Å². The monoisotopic (exact) mass is 346 g/mol. The van der Waals surface area contributed by atoms with E-state index in [2.05, 4.69) is 18.8 Å². The molecule has 0 aliphatic rings. The maximum atomic E-state index is 12.6. The Balaban J connectivity index is 2.28. The Morgan fingerprint density at radius 3 is 2.60 bits per heavy atom. The van der Waals surface area contributed by atoms with E-state index in [0.29, 0.717) is 41.9 Å². The highest BCUT2D eigenvalue weighted by Gasteiger charge is 2.16. The fraction of sp³-hybridized carbons (Fsp3) is 0.500. The number of H-pyrrole nitrogens is 1. The van der Waals surface area contributed by atoms with E-state index < -0.39 is 5.69 Å². The number of benzene rings is 1. The Morgan fingerprint density at radius 2 is 2.00 bits per heavy atom. The van der Waals surface area contributed by atoms with E-state index in [1.54, 1.807) is 37.1 Å². The zero-order valence-electron chi connectivity index (χ0n) is 15.2. The van der Waals surface area contributed by atoms with Gasteiger partial charge in [0, 0.05) is 31.7 Å². The molecule has 0 bridgehead atoms. The second-order valence-corrected chi connectivity index (χ2v) is 6.66. The number of hydrogen-bond acceptors (Lipinski definition) is 4. The molecule has 0 fully saturated rings. The van der Waals surface area contributed by atoms with Crippen molar-refractivity contribution in [1.82, 2.24) is 14.5 Å². The van der Waals surface area contributed by atoms with Crippen molar-refractivity contribution in [1.29, 1.82) is 0 Å². The summed E-state index contributed by atoms with van der Waals surface area (Å²) in [5, 5.41) is 0.391. The number of nitrogens with two attached hydrogens (primary N) is 1. The molecule has 1 unspecified atom stereocenters. The van der Waals surface area contributed by atoms with E-state index in [-0.39, 0.29) is 17.5 Å². The standard InChI is InChI=1S/C18H26N4O3/c1-5-22-17(24)13-7-6-12(10-15(13)20-18(22)25)16(23)21(4)9-8-14(19)11(2)3/h6-7,10-11,14H,5,8-9,19H2,1-4H3,(H,20,25). The first kappa shape index (κ1) is 18.9. The van der Waals surface area contributed by atoms with Gasteiger partial charge in [-0.3, -0.25) is 14.2 Å². The highest BCUT2D eigenvalue weighted by atomic mass is 16.2. The highest BCUT2D eigenvalue weighted by molar-refractivity contribution is 5.97. The van der Waals surface area contributed by atoms with Crippen LogP contribution in [0.15, 0.2) is 27.8 Å². The molecule has 0 aliphatic heterocycles. The summed E-state index contributed by atoms with van der Waals surface area (Å²) < 4.78 is 1.13. The van der Waals surface area contributed by atoms with Crippen molar-refractivity contribution < 1.29 is 4.79 Å². The van der Waals surface area contributed by atoms with Gasteiger partial charge in [-0.25, -0.2) is 4.79 Å². The van der Waals surface area contributed by atoms with Crippen molar-refractivity contribution in [3.63, 3.8) is 0 Å². The summed E-state index contributed by atoms with van der Waals surface area (Å²) in [6.07, 6.45) is 0.714. The molecule has 7 heteroatoms. The van der Waals surface area contributed by atoms with Gasteiger partial charge >= 0.3 is 5.69 Å². The van der Waals surface area contributed by atoms with Crippen LogP contribution in [-0.4, -0.2) is 40.0 Å². The quantitative estimate of drug-likeness (QED) is 0.819. The van der Waals surface area contributed by atoms with E-state index in [1.165, 1.54) is 0 Å². The number of hydrogen-bond donors (Lipinski definition) is 2. The van der Waals surface area contributed by atoms with Gasteiger partial charge in [-0.15, -0.1) is 0 Å². The van der Waals surface area contributed by atoms with Gasteiger partial charge in [0.15, 0.2) is 0 Å². The van der Waals surface area contributed by atoms with Crippen LogP contribution in [0.1, 0.15) is 37.6 Å². The lowest BCUT2D eigenvalue weighted by molar-refractivity contribution is 0.0789. The van der Waals surface area contributed by atoms with Gasteiger partial charge in [-0.1, -0.05) is 13.8 Å². The average Bonchev–Trinajstić information content (AvgIpc) is 2.58. The minimum Gasteiger partial charge on any atom is -0.342 e. The van der Waals surface area contributed by atoms with Crippen molar-refractivity contribution in [2.45, 2.75) is 39.8 Å². The van der Waals surface area contributed by atoms with E-state index in [9.17, 15) is 14.4 Å². The third-order valence-corrected chi connectivity index (χ3v) is 4.55. The van der Waals surface area contributed by atoms with Crippen molar-refractivity contribution in [2.75, 3.05) is 13.6 Å². The fourth-order valence-electron chi connectivity index (χ4n) is 2.67. The van der Waals surface area contributed by atoms with Crippen molar-refractivity contribution >= 4 is 16.8 Å². The summed E-state index contributed by atoms with van der Waals surface area (Å²) in [7, 11) is 1.72. The maximum Gasteiger partial charge on any atom is 0.328 e. The van der Waals surface area contributed by atoms with Crippen LogP contribution in [0.3, 0.4) is 0 Å². The summed E-state index contributed by atoms with van der Waals surface area (Å²) in [5.41, 5.74) is 6.00. The van der Waals surface area contributed by atoms with Crippen LogP contribution in [0.25, 0.3) is 10.9 Å². The normalized spacial score (nSPS) is 12.6. The number of aromatic nitrogens is 2. The number of nitrogens with one attached hydrogen (secondary N) is 1. The lowest BCUT2D eigenvalue weighted by Gasteiger charge is -2.21. The highest BCUT2D eigenvalue weighted by Crippen LogP contribution is 2.12. The fourth-order valence-corrected chi connectivity index (χ4v) is 2.67. The maximum absolute atomic E-state index is 12.6. The first-order valence-electron chi connectivity index (χ1n) is 8.54. The lowest BCUT2D eigenvalue weighted by Crippen LogP contribution is -2.35. The third kappa shape index (κ3) is 3.99. The van der Waals surface area contributed by atoms with Crippen LogP contribution in [0.5, 0.6) is 0 Å². The van der Waals surface area contributed by atoms with Gasteiger partial charge in [0.1, 0.15) is 0 Å². The van der Waals surface area contributed by atoms with Crippen LogP contribution in [0.4, 0.5) is 0 Å². The zero-order valence-corrected chi connectivity index (χ0v) is 15.2. The Morgan fingerprint density at radius 1 is 1.32 bits per heavy atom. The molecule has 2 rings (SSSR count). The second-order valence-electron chi connectivity index (χ2n) is 6.66. The van der Waals surface area contributed by atoms with Gasteiger partial charge in [-0.05, 0) is 37.5 Å². The molecule has 0 aliphatic carbocycles. The number of fused-ring (bicyclic) bond motifs is 1. The minimum atomic E-state index is -0.471. The predicted octanol–water partition coefficient (Wildman–Crippen LogP) is 1.16. The molecule has 25 heavy (non-hydrogen) atoms. The number of aromatic amines is 1. The average molecular weight is 346 g/mol. The van der Waals surface area contributed by atoms with Crippen molar-refractivity contribution in [2.24, 2.45) is 11.7 Å². The molecule has 136 valence electrons. The van der Waals surface area contributed by atoms with E-state index >= 15 is 0 Å². The number of carbonyl (C=O) groups excluding carboxylic acids is 1. The van der Waals surface area contributed by atoms with Crippen molar-refractivity contribution in [3.05, 3.63) is 44.6 Å². The molecule has 0 saturated carbocycles. The molecule has 0 spiro atoms. The Hall–Kier alpha value is -2.41. The number of rotatable bonds is 6. The Bertz CT molecular complexity index is 882. The van der Waals surface area contributed by atoms with Gasteiger partial charge < -0.3 is 15.6 Å². The molecule has 2 aromatic rings. The molecular weight excluding hydrogens is 320 g/mol. The Kier molecular flexibility index (Phi) is 5.79. The summed E-state index contributed by atoms with van der Waals surface area (Å²) in [5.74, 6) is 0.188. The predicted molar refractivity (Wildman–Crippen MR) is 98.9 cm³/mol. The molecular formula is C18H26N4O3. The summed E-state index contributed by atoms with van der Waals surface area (Å²) in [6, 6.07) is 4.79. The third-order valence-electron chi connectivity index (χ3n) is 4.55. The molecule has 1 aromatic carbocycles. The summed E-state index contributed by atoms with van der Waals surface area (Å²) in [6.45, 7) is 6.68. The number of carbonyl (C=O) groups is 1. The summed E-state index contributed by atoms with van der Waals surface area (Å²) >= 11 is 0. The van der Waals surface area contributed by atoms with Crippen LogP contribution in [-0.2, 0) is 6.54 Å². The van der Waals surface area contributed by atoms with Crippen LogP contribution in [0, 0.1) is 5.92 Å². The molecule has 1 amide bonds. The van der Waals surface area contributed by atoms with Crippen LogP contribution in [0.2, 0.25) is 0 Å². The van der Waals surface area contributed by atoms with Gasteiger partial charge in [0.25, 0.3) is 11.5 Å². The van der Waals surface area contributed by atoms with E-state index in [1.807, 2.05) is 0 Å². The number of nitrogens with zero attached hydrogens (tertiary/aromatic N) is 2. The lowest BCUT2D eigenvalue weighted by atomic mass is 10.0. The SMILES string of the molecule is CCn1c(=O)[nH]c2cc(C(=O)N(C)CCC(N)C(C)C)ccc2c1=O. The van der Waals surface area contributed by atoms with Crippen LogP contribution >= 0.6 is 0 Å². The van der Waals surface area contributed by atoms with E-state index in [4.69, 9.17) is 5.73 Å². The summed E-state index contributed by atoms with van der Waals surface area (Å²) in [4.78, 5) is 41.1. The molecule has 7 nitrogen and oxygen atoms in total. The Labute approximate surface area is 146 Å². The molecule has 3 N–H and O–H groups in total. The van der Waals surface area contributed by atoms with Gasteiger partial charge in [0.05, 0.1) is 10.9 Å².